The van der Waals surface area contributed by atoms with E-state index < -0.39 is 18.0 Å². The third kappa shape index (κ3) is 3.05. The van der Waals surface area contributed by atoms with E-state index in [-0.39, 0.29) is 17.7 Å². The highest BCUT2D eigenvalue weighted by Gasteiger charge is 2.24. The fourth-order valence-corrected chi connectivity index (χ4v) is 1.82. The van der Waals surface area contributed by atoms with E-state index in [1.54, 1.807) is 13.0 Å². The maximum atomic E-state index is 12.9. The van der Waals surface area contributed by atoms with Gasteiger partial charge in [0, 0.05) is 10.9 Å². The number of carbonyl (C=O) groups excluding carboxylic acids is 1. The topological polar surface area (TPSA) is 50.1 Å². The lowest BCUT2D eigenvalue weighted by atomic mass is 9.99. The Hall–Kier alpha value is -1.48. The van der Waals surface area contributed by atoms with Crippen molar-refractivity contribution in [3.8, 4) is 6.07 Å². The predicted octanol–water partition coefficient (Wildman–Crippen LogP) is 3.57. The minimum Gasteiger partial charge on any atom is -0.462 e. The molecule has 0 radical (unpaired) electrons. The molecule has 0 bridgehead atoms. The van der Waals surface area contributed by atoms with Gasteiger partial charge in [-0.15, -0.1) is 0 Å². The SMILES string of the molecule is CCOC(=O)c1cc(CBr)cc(C#N)c1C(F)F. The second-order valence-corrected chi connectivity index (χ2v) is 3.93. The number of nitrogens with zero attached hydrogens (tertiary/aromatic N) is 1. The third-order valence-electron chi connectivity index (χ3n) is 2.23. The highest BCUT2D eigenvalue weighted by molar-refractivity contribution is 9.08. The lowest BCUT2D eigenvalue weighted by molar-refractivity contribution is 0.0515. The van der Waals surface area contributed by atoms with Crippen LogP contribution in [0.15, 0.2) is 12.1 Å². The van der Waals surface area contributed by atoms with Crippen LogP contribution < -0.4 is 0 Å². The number of halogens is 3. The van der Waals surface area contributed by atoms with E-state index in [0.717, 1.165) is 0 Å². The van der Waals surface area contributed by atoms with Gasteiger partial charge in [0.25, 0.3) is 6.43 Å². The van der Waals surface area contributed by atoms with Gasteiger partial charge in [0.1, 0.15) is 0 Å². The molecular formula is C12H10BrF2NO2. The molecule has 0 unspecified atom stereocenters. The maximum Gasteiger partial charge on any atom is 0.338 e. The van der Waals surface area contributed by atoms with Crippen molar-refractivity contribution in [1.82, 2.24) is 0 Å². The summed E-state index contributed by atoms with van der Waals surface area (Å²) in [6, 6.07) is 4.33. The summed E-state index contributed by atoms with van der Waals surface area (Å²) in [4.78, 5) is 11.6. The minimum atomic E-state index is -2.90. The van der Waals surface area contributed by atoms with Gasteiger partial charge in [0.05, 0.1) is 23.8 Å². The van der Waals surface area contributed by atoms with Crippen LogP contribution in [-0.4, -0.2) is 12.6 Å². The molecule has 0 aliphatic rings. The van der Waals surface area contributed by atoms with E-state index >= 15 is 0 Å². The predicted molar refractivity (Wildman–Crippen MR) is 64.7 cm³/mol. The van der Waals surface area contributed by atoms with Crippen LogP contribution in [0.1, 0.15) is 40.4 Å². The van der Waals surface area contributed by atoms with Gasteiger partial charge < -0.3 is 4.74 Å². The van der Waals surface area contributed by atoms with Gasteiger partial charge in [0.2, 0.25) is 0 Å². The van der Waals surface area contributed by atoms with E-state index in [4.69, 9.17) is 10.00 Å². The Morgan fingerprint density at radius 1 is 1.56 bits per heavy atom. The number of esters is 1. The van der Waals surface area contributed by atoms with Crippen LogP contribution in [0, 0.1) is 11.3 Å². The van der Waals surface area contributed by atoms with Gasteiger partial charge in [-0.25, -0.2) is 13.6 Å². The van der Waals surface area contributed by atoms with Crippen molar-refractivity contribution in [2.45, 2.75) is 18.7 Å². The molecule has 0 aliphatic heterocycles. The van der Waals surface area contributed by atoms with Crippen LogP contribution in [0.3, 0.4) is 0 Å². The fraction of sp³-hybridized carbons (Fsp3) is 0.333. The summed E-state index contributed by atoms with van der Waals surface area (Å²) in [7, 11) is 0. The molecule has 1 rings (SSSR count). The van der Waals surface area contributed by atoms with E-state index in [1.165, 1.54) is 12.1 Å². The Bertz CT molecular complexity index is 498. The van der Waals surface area contributed by atoms with E-state index in [0.29, 0.717) is 10.9 Å². The molecule has 0 N–H and O–H groups in total. The summed E-state index contributed by atoms with van der Waals surface area (Å²) in [5.41, 5.74) is -0.454. The van der Waals surface area contributed by atoms with Crippen LogP contribution in [0.25, 0.3) is 0 Å². The van der Waals surface area contributed by atoms with Gasteiger partial charge in [-0.05, 0) is 24.6 Å². The van der Waals surface area contributed by atoms with Crippen molar-refractivity contribution in [2.75, 3.05) is 6.61 Å². The number of ether oxygens (including phenoxy) is 1. The molecule has 3 nitrogen and oxygen atoms in total. The molecule has 0 saturated carbocycles. The molecule has 96 valence electrons. The molecule has 0 heterocycles. The standard InChI is InChI=1S/C12H10BrF2NO2/c1-2-18-12(17)9-4-7(5-13)3-8(6-16)10(9)11(14)15/h3-4,11H,2,5H2,1H3. The first-order valence-corrected chi connectivity index (χ1v) is 6.25. The summed E-state index contributed by atoms with van der Waals surface area (Å²) in [5.74, 6) is -0.841. The quantitative estimate of drug-likeness (QED) is 0.630. The van der Waals surface area contributed by atoms with Crippen LogP contribution >= 0.6 is 15.9 Å². The molecule has 18 heavy (non-hydrogen) atoms. The molecule has 1 aromatic carbocycles. The number of nitriles is 1. The molecule has 1 aromatic rings. The minimum absolute atomic E-state index is 0.0853. The average molecular weight is 318 g/mol. The molecule has 0 fully saturated rings. The number of hydrogen-bond donors (Lipinski definition) is 0. The van der Waals surface area contributed by atoms with E-state index in [1.807, 2.05) is 0 Å². The first-order valence-electron chi connectivity index (χ1n) is 5.13. The Balaban J connectivity index is 3.45. The van der Waals surface area contributed by atoms with Crippen LogP contribution in [-0.2, 0) is 10.1 Å². The zero-order chi connectivity index (χ0) is 13.7. The van der Waals surface area contributed by atoms with Crippen LogP contribution in [0.5, 0.6) is 0 Å². The van der Waals surface area contributed by atoms with Crippen molar-refractivity contribution in [2.24, 2.45) is 0 Å². The third-order valence-corrected chi connectivity index (χ3v) is 2.88. The maximum absolute atomic E-state index is 12.9. The van der Waals surface area contributed by atoms with E-state index in [2.05, 4.69) is 15.9 Å². The molecular weight excluding hydrogens is 308 g/mol. The van der Waals surface area contributed by atoms with E-state index in [9.17, 15) is 13.6 Å². The second-order valence-electron chi connectivity index (χ2n) is 3.37. The number of rotatable bonds is 4. The first kappa shape index (κ1) is 14.6. The monoisotopic (exact) mass is 317 g/mol. The molecule has 0 amide bonds. The lowest BCUT2D eigenvalue weighted by Gasteiger charge is -2.11. The summed E-state index contributed by atoms with van der Waals surface area (Å²) < 4.78 is 30.6. The summed E-state index contributed by atoms with van der Waals surface area (Å²) in [5, 5.41) is 9.23. The molecule has 0 aromatic heterocycles. The Morgan fingerprint density at radius 3 is 2.67 bits per heavy atom. The van der Waals surface area contributed by atoms with Crippen molar-refractivity contribution in [1.29, 1.82) is 5.26 Å². The summed E-state index contributed by atoms with van der Waals surface area (Å²) in [6.07, 6.45) is -2.90. The summed E-state index contributed by atoms with van der Waals surface area (Å²) >= 11 is 3.16. The van der Waals surface area contributed by atoms with Gasteiger partial charge >= 0.3 is 5.97 Å². The van der Waals surface area contributed by atoms with Crippen molar-refractivity contribution >= 4 is 21.9 Å². The Kier molecular flexibility index (Phi) is 5.23. The Labute approximate surface area is 111 Å². The Morgan fingerprint density at radius 2 is 2.22 bits per heavy atom. The molecule has 0 atom stereocenters. The van der Waals surface area contributed by atoms with Gasteiger partial charge in [0.15, 0.2) is 0 Å². The first-order chi connectivity index (χ1) is 8.54. The fourth-order valence-electron chi connectivity index (χ4n) is 1.50. The van der Waals surface area contributed by atoms with Gasteiger partial charge in [-0.2, -0.15) is 5.26 Å². The normalized spacial score (nSPS) is 10.2. The van der Waals surface area contributed by atoms with Crippen molar-refractivity contribution in [3.63, 3.8) is 0 Å². The zero-order valence-corrected chi connectivity index (χ0v) is 11.1. The number of hydrogen-bond acceptors (Lipinski definition) is 3. The van der Waals surface area contributed by atoms with Gasteiger partial charge in [-0.1, -0.05) is 15.9 Å². The highest BCUT2D eigenvalue weighted by atomic mass is 79.9. The lowest BCUT2D eigenvalue weighted by Crippen LogP contribution is -2.11. The molecule has 0 saturated heterocycles. The highest BCUT2D eigenvalue weighted by Crippen LogP contribution is 2.29. The molecule has 0 aliphatic carbocycles. The number of carbonyl (C=O) groups is 1. The zero-order valence-electron chi connectivity index (χ0n) is 9.54. The molecule has 0 spiro atoms. The smallest absolute Gasteiger partial charge is 0.338 e. The number of benzene rings is 1. The largest absolute Gasteiger partial charge is 0.462 e. The second kappa shape index (κ2) is 6.45. The molecule has 6 heteroatoms. The van der Waals surface area contributed by atoms with Gasteiger partial charge in [-0.3, -0.25) is 0 Å². The van der Waals surface area contributed by atoms with Crippen LogP contribution in [0.4, 0.5) is 8.78 Å². The van der Waals surface area contributed by atoms with Crippen molar-refractivity contribution < 1.29 is 18.3 Å². The van der Waals surface area contributed by atoms with Crippen LogP contribution in [0.2, 0.25) is 0 Å². The van der Waals surface area contributed by atoms with Crippen molar-refractivity contribution in [3.05, 3.63) is 34.4 Å². The summed E-state index contributed by atoms with van der Waals surface area (Å²) in [6.45, 7) is 1.67. The average Bonchev–Trinajstić information content (AvgIpc) is 2.36. The number of alkyl halides is 3.